The first-order chi connectivity index (χ1) is 18.2. The van der Waals surface area contributed by atoms with E-state index in [0.29, 0.717) is 18.5 Å². The molecule has 0 aliphatic carbocycles. The molecule has 210 valence electrons. The quantitative estimate of drug-likeness (QED) is 0.0693. The third-order valence-electron chi connectivity index (χ3n) is 7.00. The molecule has 0 N–H and O–H groups in total. The molecule has 37 heavy (non-hydrogen) atoms. The number of unbranched alkanes of at least 4 members (excludes halogenated alkanes) is 12. The van der Waals surface area contributed by atoms with E-state index in [1.54, 1.807) is 18.5 Å². The zero-order valence-electron chi connectivity index (χ0n) is 23.2. The summed E-state index contributed by atoms with van der Waals surface area (Å²) >= 11 is 6.22. The summed E-state index contributed by atoms with van der Waals surface area (Å²) in [7, 11) is 0. The Morgan fingerprint density at radius 1 is 0.973 bits per heavy atom. The van der Waals surface area contributed by atoms with E-state index in [4.69, 9.17) is 21.2 Å². The maximum absolute atomic E-state index is 12.5. The van der Waals surface area contributed by atoms with Crippen LogP contribution in [0, 0.1) is 0 Å². The molecule has 7 heteroatoms. The molecule has 0 amide bonds. The van der Waals surface area contributed by atoms with E-state index in [0.717, 1.165) is 25.9 Å². The lowest BCUT2D eigenvalue weighted by atomic mass is 10.0. The maximum atomic E-state index is 12.5. The largest absolute Gasteiger partial charge is 0.457 e. The average Bonchev–Trinajstić information content (AvgIpc) is 2.92. The average molecular weight is 536 g/mol. The van der Waals surface area contributed by atoms with Crippen molar-refractivity contribution in [2.75, 3.05) is 26.2 Å². The second kappa shape index (κ2) is 21.3. The van der Waals surface area contributed by atoms with Crippen molar-refractivity contribution in [3.8, 4) is 0 Å². The SMILES string of the molecule is CCCCCCCCCCCCCCCC(=O)OC(CON=C(Cl)c1cccnc1)CN1CCCCC1. The molecule has 2 rings (SSSR count). The van der Waals surface area contributed by atoms with Gasteiger partial charge in [-0.3, -0.25) is 14.7 Å². The van der Waals surface area contributed by atoms with Crippen LogP contribution in [0.2, 0.25) is 0 Å². The predicted octanol–water partition coefficient (Wildman–Crippen LogP) is 7.88. The fraction of sp³-hybridized carbons (Fsp3) is 0.767. The van der Waals surface area contributed by atoms with Gasteiger partial charge < -0.3 is 9.57 Å². The number of nitrogens with zero attached hydrogens (tertiary/aromatic N) is 3. The molecule has 0 spiro atoms. The molecule has 1 aromatic heterocycles. The predicted molar refractivity (Wildman–Crippen MR) is 153 cm³/mol. The molecule has 1 unspecified atom stereocenters. The van der Waals surface area contributed by atoms with Crippen molar-refractivity contribution in [1.29, 1.82) is 0 Å². The van der Waals surface area contributed by atoms with Crippen LogP contribution in [0.3, 0.4) is 0 Å². The van der Waals surface area contributed by atoms with Crippen LogP contribution >= 0.6 is 11.6 Å². The molecule has 1 aliphatic heterocycles. The normalized spacial score (nSPS) is 15.5. The Labute approximate surface area is 230 Å². The van der Waals surface area contributed by atoms with Crippen molar-refractivity contribution in [3.05, 3.63) is 30.1 Å². The Hall–Kier alpha value is -1.66. The van der Waals surface area contributed by atoms with Gasteiger partial charge in [-0.25, -0.2) is 0 Å². The third-order valence-corrected chi connectivity index (χ3v) is 7.29. The van der Waals surface area contributed by atoms with E-state index in [1.165, 1.54) is 89.9 Å². The Bertz CT molecular complexity index is 726. The summed E-state index contributed by atoms with van der Waals surface area (Å²) in [6, 6.07) is 3.62. The van der Waals surface area contributed by atoms with E-state index < -0.39 is 0 Å². The van der Waals surface area contributed by atoms with E-state index in [9.17, 15) is 4.79 Å². The number of ether oxygens (including phenoxy) is 1. The van der Waals surface area contributed by atoms with E-state index >= 15 is 0 Å². The summed E-state index contributed by atoms with van der Waals surface area (Å²) in [4.78, 5) is 24.4. The minimum Gasteiger partial charge on any atom is -0.457 e. The number of carbonyl (C=O) groups excluding carboxylic acids is 1. The minimum atomic E-state index is -0.352. The molecular weight excluding hydrogens is 486 g/mol. The van der Waals surface area contributed by atoms with Crippen molar-refractivity contribution in [3.63, 3.8) is 0 Å². The molecule has 2 heterocycles. The number of aromatic nitrogens is 1. The van der Waals surface area contributed by atoms with Gasteiger partial charge in [-0.2, -0.15) is 0 Å². The highest BCUT2D eigenvalue weighted by molar-refractivity contribution is 6.69. The van der Waals surface area contributed by atoms with Crippen molar-refractivity contribution >= 4 is 22.7 Å². The summed E-state index contributed by atoms with van der Waals surface area (Å²) in [5.41, 5.74) is 0.691. The molecule has 0 bridgehead atoms. The number of oxime groups is 1. The fourth-order valence-corrected chi connectivity index (χ4v) is 4.96. The van der Waals surface area contributed by atoms with Crippen LogP contribution in [-0.4, -0.2) is 53.4 Å². The number of esters is 1. The molecule has 1 fully saturated rings. The zero-order chi connectivity index (χ0) is 26.4. The van der Waals surface area contributed by atoms with Crippen molar-refractivity contribution in [2.24, 2.45) is 5.16 Å². The molecule has 0 saturated carbocycles. The van der Waals surface area contributed by atoms with Gasteiger partial charge in [0.15, 0.2) is 17.9 Å². The number of carbonyl (C=O) groups is 1. The van der Waals surface area contributed by atoms with Gasteiger partial charge >= 0.3 is 5.97 Å². The summed E-state index contributed by atoms with van der Waals surface area (Å²) in [6.07, 6.45) is 23.8. The van der Waals surface area contributed by atoms with E-state index in [2.05, 4.69) is 22.0 Å². The maximum Gasteiger partial charge on any atom is 0.306 e. The van der Waals surface area contributed by atoms with Crippen LogP contribution in [0.15, 0.2) is 29.7 Å². The van der Waals surface area contributed by atoms with E-state index in [-0.39, 0.29) is 23.9 Å². The van der Waals surface area contributed by atoms with Gasteiger partial charge in [0.25, 0.3) is 0 Å². The van der Waals surface area contributed by atoms with Crippen molar-refractivity contribution in [1.82, 2.24) is 9.88 Å². The molecule has 0 aromatic carbocycles. The lowest BCUT2D eigenvalue weighted by Gasteiger charge is -2.29. The first-order valence-electron chi connectivity index (χ1n) is 14.9. The number of piperidine rings is 1. The van der Waals surface area contributed by atoms with Gasteiger partial charge in [0.05, 0.1) is 0 Å². The van der Waals surface area contributed by atoms with Crippen molar-refractivity contribution < 1.29 is 14.4 Å². The Balaban J connectivity index is 1.60. The second-order valence-corrected chi connectivity index (χ2v) is 10.7. The summed E-state index contributed by atoms with van der Waals surface area (Å²) in [6.45, 7) is 5.20. The topological polar surface area (TPSA) is 64.0 Å². The standard InChI is InChI=1S/C30H50ClN3O3/c1-2-3-4-5-6-7-8-9-10-11-12-13-15-20-29(35)37-28(25-34-22-16-14-17-23-34)26-36-33-30(31)27-19-18-21-32-24-27/h18-19,21,24,28H,2-17,20,22-23,25-26H2,1H3. The molecule has 1 aromatic rings. The highest BCUT2D eigenvalue weighted by Gasteiger charge is 2.21. The van der Waals surface area contributed by atoms with Crippen LogP contribution in [0.4, 0.5) is 0 Å². The van der Waals surface area contributed by atoms with Gasteiger partial charge in [-0.15, -0.1) is 0 Å². The highest BCUT2D eigenvalue weighted by Crippen LogP contribution is 2.15. The van der Waals surface area contributed by atoms with Gasteiger partial charge in [-0.1, -0.05) is 107 Å². The van der Waals surface area contributed by atoms with Crippen LogP contribution in [0.1, 0.15) is 122 Å². The molecule has 6 nitrogen and oxygen atoms in total. The minimum absolute atomic E-state index is 0.143. The van der Waals surface area contributed by atoms with Crippen molar-refractivity contribution in [2.45, 2.75) is 122 Å². The third kappa shape index (κ3) is 16.0. The Morgan fingerprint density at radius 2 is 1.59 bits per heavy atom. The lowest BCUT2D eigenvalue weighted by Crippen LogP contribution is -2.40. The summed E-state index contributed by atoms with van der Waals surface area (Å²) in [5, 5.41) is 4.24. The first-order valence-corrected chi connectivity index (χ1v) is 15.2. The zero-order valence-corrected chi connectivity index (χ0v) is 23.9. The molecular formula is C30H50ClN3O3. The summed E-state index contributed by atoms with van der Waals surface area (Å²) in [5.74, 6) is -0.143. The monoisotopic (exact) mass is 535 g/mol. The molecule has 1 aliphatic rings. The first kappa shape index (κ1) is 31.6. The van der Waals surface area contributed by atoms with Crippen LogP contribution < -0.4 is 0 Å². The summed E-state index contributed by atoms with van der Waals surface area (Å²) < 4.78 is 5.82. The second-order valence-electron chi connectivity index (χ2n) is 10.4. The van der Waals surface area contributed by atoms with Crippen LogP contribution in [0.5, 0.6) is 0 Å². The van der Waals surface area contributed by atoms with Crippen LogP contribution in [-0.2, 0) is 14.4 Å². The van der Waals surface area contributed by atoms with Gasteiger partial charge in [0.2, 0.25) is 0 Å². The number of hydrogen-bond donors (Lipinski definition) is 0. The van der Waals surface area contributed by atoms with Gasteiger partial charge in [0, 0.05) is 30.9 Å². The van der Waals surface area contributed by atoms with E-state index in [1.807, 2.05) is 6.07 Å². The fourth-order valence-electron chi connectivity index (χ4n) is 4.80. The number of likely N-dealkylation sites (tertiary alicyclic amines) is 1. The smallest absolute Gasteiger partial charge is 0.306 e. The van der Waals surface area contributed by atoms with Gasteiger partial charge in [-0.05, 0) is 44.5 Å². The Kier molecular flexibility index (Phi) is 18.2. The van der Waals surface area contributed by atoms with Gasteiger partial charge in [0.1, 0.15) is 0 Å². The van der Waals surface area contributed by atoms with Crippen LogP contribution in [0.25, 0.3) is 0 Å². The molecule has 1 atom stereocenters. The number of halogens is 1. The highest BCUT2D eigenvalue weighted by atomic mass is 35.5. The lowest BCUT2D eigenvalue weighted by molar-refractivity contribution is -0.153. The number of rotatable bonds is 21. The molecule has 0 radical (unpaired) electrons. The Morgan fingerprint density at radius 3 is 2.19 bits per heavy atom. The number of hydrogen-bond acceptors (Lipinski definition) is 6. The molecule has 1 saturated heterocycles. The number of pyridine rings is 1.